The molecule has 4 rings (SSSR count). The first-order valence-electron chi connectivity index (χ1n) is 9.95. The molecule has 0 radical (unpaired) electrons. The number of fused-ring (bicyclic) bond motifs is 1. The van der Waals surface area contributed by atoms with Gasteiger partial charge >= 0.3 is 0 Å². The number of aryl methyl sites for hydroxylation is 1. The highest BCUT2D eigenvalue weighted by molar-refractivity contribution is 6.21. The monoisotopic (exact) mass is 381 g/mol. The van der Waals surface area contributed by atoms with Crippen LogP contribution in [0.25, 0.3) is 11.1 Å². The van der Waals surface area contributed by atoms with Crippen LogP contribution in [0.5, 0.6) is 0 Å². The van der Waals surface area contributed by atoms with Crippen LogP contribution < -0.4 is 5.32 Å². The summed E-state index contributed by atoms with van der Waals surface area (Å²) in [5, 5.41) is 7.54. The van der Waals surface area contributed by atoms with Crippen LogP contribution >= 0.6 is 0 Å². The van der Waals surface area contributed by atoms with Crippen molar-refractivity contribution in [3.63, 3.8) is 0 Å². The second-order valence-electron chi connectivity index (χ2n) is 8.28. The maximum absolute atomic E-state index is 14.7. The Hall–Kier alpha value is -2.47. The predicted octanol–water partition coefficient (Wildman–Crippen LogP) is 3.69. The molecule has 2 atom stereocenters. The molecule has 6 heteroatoms. The Kier molecular flexibility index (Phi) is 5.06. The molecule has 148 valence electrons. The van der Waals surface area contributed by atoms with E-state index in [1.54, 1.807) is 4.68 Å². The van der Waals surface area contributed by atoms with Gasteiger partial charge in [-0.2, -0.15) is 5.10 Å². The Morgan fingerprint density at radius 3 is 2.86 bits per heavy atom. The molecule has 28 heavy (non-hydrogen) atoms. The third kappa shape index (κ3) is 3.74. The number of hydrogen-bond acceptors (Lipinski definition) is 4. The molecule has 0 spiro atoms. The molecular formula is C22H28FN5. The predicted molar refractivity (Wildman–Crippen MR) is 112 cm³/mol. The van der Waals surface area contributed by atoms with Crippen molar-refractivity contribution in [2.75, 3.05) is 19.6 Å². The standard InChI is InChI=1S/C22H28FN5/c1-14(2)11-28-8-7-21(19(23)13-28)25-15(3)22-18-9-16(5-6-20(18)26-22)17-10-24-27(4)12-17/h5-6,9-10,12,14,19,21,25H,3,7-8,11,13H2,1-2,4H3/t19-,21+/m0/s1. The van der Waals surface area contributed by atoms with Gasteiger partial charge in [-0.15, -0.1) is 0 Å². The number of allylic oxidation sites excluding steroid dienone is 1. The highest BCUT2D eigenvalue weighted by Crippen LogP contribution is 2.35. The van der Waals surface area contributed by atoms with E-state index in [0.29, 0.717) is 18.2 Å². The van der Waals surface area contributed by atoms with Crippen molar-refractivity contribution in [3.8, 4) is 11.1 Å². The van der Waals surface area contributed by atoms with E-state index >= 15 is 0 Å². The van der Waals surface area contributed by atoms with Gasteiger partial charge in [-0.25, -0.2) is 9.38 Å². The van der Waals surface area contributed by atoms with E-state index in [4.69, 9.17) is 0 Å². The molecule has 2 aliphatic heterocycles. The van der Waals surface area contributed by atoms with Crippen molar-refractivity contribution in [1.29, 1.82) is 0 Å². The summed E-state index contributed by atoms with van der Waals surface area (Å²) in [6.45, 7) is 10.8. The van der Waals surface area contributed by atoms with Crippen LogP contribution in [0.4, 0.5) is 10.1 Å². The van der Waals surface area contributed by atoms with E-state index in [0.717, 1.165) is 47.6 Å². The largest absolute Gasteiger partial charge is 0.378 e. The zero-order valence-electron chi connectivity index (χ0n) is 16.8. The van der Waals surface area contributed by atoms with E-state index in [1.807, 2.05) is 31.6 Å². The van der Waals surface area contributed by atoms with Gasteiger partial charge in [0.1, 0.15) is 6.17 Å². The van der Waals surface area contributed by atoms with E-state index in [1.165, 1.54) is 0 Å². The molecule has 1 aromatic carbocycles. The van der Waals surface area contributed by atoms with Gasteiger partial charge in [-0.05, 0) is 30.0 Å². The summed E-state index contributed by atoms with van der Waals surface area (Å²) in [7, 11) is 1.91. The topological polar surface area (TPSA) is 45.4 Å². The fraction of sp³-hybridized carbons (Fsp3) is 0.455. The molecule has 2 aromatic rings. The van der Waals surface area contributed by atoms with Crippen LogP contribution in [0.2, 0.25) is 0 Å². The van der Waals surface area contributed by atoms with Crippen molar-refractivity contribution in [2.45, 2.75) is 32.5 Å². The summed E-state index contributed by atoms with van der Waals surface area (Å²) in [4.78, 5) is 6.79. The molecule has 5 nitrogen and oxygen atoms in total. The highest BCUT2D eigenvalue weighted by Gasteiger charge is 2.31. The van der Waals surface area contributed by atoms with Crippen molar-refractivity contribution < 1.29 is 4.39 Å². The average Bonchev–Trinajstić information content (AvgIpc) is 3.04. The van der Waals surface area contributed by atoms with Gasteiger partial charge in [0.2, 0.25) is 0 Å². The number of nitrogens with zero attached hydrogens (tertiary/aromatic N) is 4. The summed E-state index contributed by atoms with van der Waals surface area (Å²) >= 11 is 0. The minimum Gasteiger partial charge on any atom is -0.378 e. The van der Waals surface area contributed by atoms with E-state index in [-0.39, 0.29) is 6.04 Å². The molecule has 0 aliphatic carbocycles. The lowest BCUT2D eigenvalue weighted by Crippen LogP contribution is -2.51. The van der Waals surface area contributed by atoms with Gasteiger partial charge in [-0.3, -0.25) is 4.68 Å². The van der Waals surface area contributed by atoms with Crippen molar-refractivity contribution >= 4 is 11.4 Å². The third-order valence-corrected chi connectivity index (χ3v) is 5.42. The minimum absolute atomic E-state index is 0.204. The molecule has 1 N–H and O–H groups in total. The first kappa shape index (κ1) is 18.9. The smallest absolute Gasteiger partial charge is 0.133 e. The lowest BCUT2D eigenvalue weighted by atomic mass is 9.94. The molecule has 1 aromatic heterocycles. The van der Waals surface area contributed by atoms with Crippen LogP contribution in [0.3, 0.4) is 0 Å². The number of benzene rings is 1. The number of nitrogens with one attached hydrogen (secondary N) is 1. The van der Waals surface area contributed by atoms with Gasteiger partial charge in [0.05, 0.1) is 29.3 Å². The Bertz CT molecular complexity index is 913. The first-order valence-corrected chi connectivity index (χ1v) is 9.95. The third-order valence-electron chi connectivity index (χ3n) is 5.42. The van der Waals surface area contributed by atoms with Crippen molar-refractivity contribution in [3.05, 3.63) is 48.4 Å². The molecule has 0 saturated carbocycles. The number of aliphatic imine (C=N–C) groups is 1. The maximum Gasteiger partial charge on any atom is 0.133 e. The van der Waals surface area contributed by atoms with Gasteiger partial charge in [0.25, 0.3) is 0 Å². The van der Waals surface area contributed by atoms with Crippen LogP contribution in [0.15, 0.2) is 47.9 Å². The van der Waals surface area contributed by atoms with Gasteiger partial charge in [-0.1, -0.05) is 26.5 Å². The number of aromatic nitrogens is 2. The molecule has 1 saturated heterocycles. The first-order chi connectivity index (χ1) is 13.4. The van der Waals surface area contributed by atoms with Crippen LogP contribution in [0, 0.1) is 5.92 Å². The van der Waals surface area contributed by atoms with E-state index in [9.17, 15) is 4.39 Å². The summed E-state index contributed by atoms with van der Waals surface area (Å²) in [5.41, 5.74) is 5.72. The molecule has 1 fully saturated rings. The Labute approximate surface area is 166 Å². The fourth-order valence-electron chi connectivity index (χ4n) is 4.04. The summed E-state index contributed by atoms with van der Waals surface area (Å²) in [5.74, 6) is 0.557. The van der Waals surface area contributed by atoms with Gasteiger partial charge < -0.3 is 10.2 Å². The average molecular weight is 381 g/mol. The second kappa shape index (κ2) is 7.51. The minimum atomic E-state index is -0.897. The quantitative estimate of drug-likeness (QED) is 0.830. The highest BCUT2D eigenvalue weighted by atomic mass is 19.1. The van der Waals surface area contributed by atoms with Crippen LogP contribution in [0.1, 0.15) is 25.8 Å². The molecular weight excluding hydrogens is 353 g/mol. The number of hydrogen-bond donors (Lipinski definition) is 1. The Morgan fingerprint density at radius 1 is 1.36 bits per heavy atom. The Morgan fingerprint density at radius 2 is 2.18 bits per heavy atom. The summed E-state index contributed by atoms with van der Waals surface area (Å²) in [6.07, 6.45) is 3.72. The van der Waals surface area contributed by atoms with Crippen molar-refractivity contribution in [1.82, 2.24) is 20.0 Å². The van der Waals surface area contributed by atoms with Gasteiger partial charge in [0, 0.05) is 44.0 Å². The molecule has 0 unspecified atom stereocenters. The van der Waals surface area contributed by atoms with E-state index in [2.05, 4.69) is 46.8 Å². The summed E-state index contributed by atoms with van der Waals surface area (Å²) in [6, 6.07) is 5.97. The van der Waals surface area contributed by atoms with Gasteiger partial charge in [0.15, 0.2) is 0 Å². The number of halogens is 1. The molecule has 3 heterocycles. The Balaban J connectivity index is 1.41. The SMILES string of the molecule is C=C(N[C@@H]1CCN(CC(C)C)C[C@@H]1F)C1=Nc2ccc(-c3cnn(C)c3)cc21. The molecule has 2 aliphatic rings. The second-order valence-corrected chi connectivity index (χ2v) is 8.28. The maximum atomic E-state index is 14.7. The molecule has 0 amide bonds. The zero-order chi connectivity index (χ0) is 19.8. The number of rotatable bonds is 6. The van der Waals surface area contributed by atoms with E-state index < -0.39 is 6.17 Å². The van der Waals surface area contributed by atoms with Crippen LogP contribution in [-0.2, 0) is 7.05 Å². The molecule has 0 bridgehead atoms. The lowest BCUT2D eigenvalue weighted by Gasteiger charge is -2.37. The number of alkyl halides is 1. The van der Waals surface area contributed by atoms with Crippen LogP contribution in [-0.4, -0.2) is 52.2 Å². The number of piperidine rings is 1. The summed E-state index contributed by atoms with van der Waals surface area (Å²) < 4.78 is 16.5. The lowest BCUT2D eigenvalue weighted by molar-refractivity contribution is 0.0999. The zero-order valence-corrected chi connectivity index (χ0v) is 16.8. The number of likely N-dealkylation sites (tertiary alicyclic amines) is 1. The fourth-order valence-corrected chi connectivity index (χ4v) is 4.04. The normalized spacial score (nSPS) is 21.8. The van der Waals surface area contributed by atoms with Crippen molar-refractivity contribution in [2.24, 2.45) is 18.0 Å².